The van der Waals surface area contributed by atoms with Crippen molar-refractivity contribution >= 4 is 0 Å². The quantitative estimate of drug-likeness (QED) is 0.881. The van der Waals surface area contributed by atoms with Crippen LogP contribution in [0, 0.1) is 0 Å². The molecule has 1 aromatic carbocycles. The Kier molecular flexibility index (Phi) is 3.45. The van der Waals surface area contributed by atoms with E-state index in [1.54, 1.807) is 0 Å². The Bertz CT molecular complexity index is 404. The van der Waals surface area contributed by atoms with Gasteiger partial charge in [0, 0.05) is 0 Å². The van der Waals surface area contributed by atoms with Crippen molar-refractivity contribution in [1.29, 1.82) is 0 Å². The predicted molar refractivity (Wildman–Crippen MR) is 62.1 cm³/mol. The molecule has 1 aliphatic rings. The molecule has 0 saturated carbocycles. The zero-order valence-corrected chi connectivity index (χ0v) is 9.88. The molecule has 0 aromatic heterocycles. The lowest BCUT2D eigenvalue weighted by atomic mass is 9.91. The smallest absolute Gasteiger partial charge is 0.256 e. The maximum Gasteiger partial charge on any atom is 0.256 e. The van der Waals surface area contributed by atoms with Crippen molar-refractivity contribution in [1.82, 2.24) is 0 Å². The van der Waals surface area contributed by atoms with Gasteiger partial charge in [-0.2, -0.15) is 0 Å². The van der Waals surface area contributed by atoms with Crippen molar-refractivity contribution in [2.45, 2.75) is 38.3 Å². The van der Waals surface area contributed by atoms with Crippen LogP contribution < -0.4 is 5.73 Å². The van der Waals surface area contributed by atoms with Crippen LogP contribution in [0.2, 0.25) is 0 Å². The number of rotatable bonds is 3. The summed E-state index contributed by atoms with van der Waals surface area (Å²) in [7, 11) is 0. The van der Waals surface area contributed by atoms with Gasteiger partial charge in [0.2, 0.25) is 0 Å². The molecule has 0 fully saturated rings. The van der Waals surface area contributed by atoms with Gasteiger partial charge < -0.3 is 10.5 Å². The van der Waals surface area contributed by atoms with Crippen LogP contribution in [0.15, 0.2) is 18.2 Å². The van der Waals surface area contributed by atoms with Crippen molar-refractivity contribution in [3.8, 4) is 0 Å². The fourth-order valence-corrected chi connectivity index (χ4v) is 2.04. The molecule has 1 unspecified atom stereocenters. The van der Waals surface area contributed by atoms with E-state index >= 15 is 0 Å². The van der Waals surface area contributed by atoms with Gasteiger partial charge in [-0.25, -0.2) is 8.78 Å². The van der Waals surface area contributed by atoms with Gasteiger partial charge in [-0.3, -0.25) is 0 Å². The lowest BCUT2D eigenvalue weighted by Crippen LogP contribution is -2.45. The molecule has 0 radical (unpaired) electrons. The molecule has 17 heavy (non-hydrogen) atoms. The molecule has 1 aliphatic heterocycles. The summed E-state index contributed by atoms with van der Waals surface area (Å²) in [4.78, 5) is 0. The number of nitrogens with two attached hydrogens (primary N) is 1. The molecule has 0 amide bonds. The van der Waals surface area contributed by atoms with Gasteiger partial charge in [-0.15, -0.1) is 0 Å². The second-order valence-electron chi connectivity index (χ2n) is 4.89. The highest BCUT2D eigenvalue weighted by Crippen LogP contribution is 2.23. The van der Waals surface area contributed by atoms with Crippen LogP contribution in [0.3, 0.4) is 0 Å². The standard InChI is InChI=1S/C13H17F2NO/c1-13(16,12(14)15)7-9-2-3-11-8-17-5-4-10(11)6-9/h2-3,6,12H,4-5,7-8,16H2,1H3. The average Bonchev–Trinajstić information content (AvgIpc) is 2.28. The van der Waals surface area contributed by atoms with E-state index in [1.165, 1.54) is 12.5 Å². The summed E-state index contributed by atoms with van der Waals surface area (Å²) in [5, 5.41) is 0. The molecule has 0 bridgehead atoms. The largest absolute Gasteiger partial charge is 0.376 e. The fraction of sp³-hybridized carbons (Fsp3) is 0.538. The van der Waals surface area contributed by atoms with Crippen LogP contribution in [-0.4, -0.2) is 18.6 Å². The van der Waals surface area contributed by atoms with Gasteiger partial charge in [0.1, 0.15) is 0 Å². The van der Waals surface area contributed by atoms with Crippen molar-refractivity contribution in [2.24, 2.45) is 5.73 Å². The molecule has 2 N–H and O–H groups in total. The highest BCUT2D eigenvalue weighted by Gasteiger charge is 2.30. The van der Waals surface area contributed by atoms with Crippen LogP contribution in [0.25, 0.3) is 0 Å². The molecule has 2 nitrogen and oxygen atoms in total. The molecule has 94 valence electrons. The van der Waals surface area contributed by atoms with Gasteiger partial charge in [-0.1, -0.05) is 18.2 Å². The summed E-state index contributed by atoms with van der Waals surface area (Å²) < 4.78 is 30.7. The predicted octanol–water partition coefficient (Wildman–Crippen LogP) is 2.28. The molecular weight excluding hydrogens is 224 g/mol. The third-order valence-electron chi connectivity index (χ3n) is 3.13. The summed E-state index contributed by atoms with van der Waals surface area (Å²) in [5.74, 6) is 0. The van der Waals surface area contributed by atoms with Crippen molar-refractivity contribution in [3.63, 3.8) is 0 Å². The number of ether oxygens (including phenoxy) is 1. The molecule has 2 rings (SSSR count). The highest BCUT2D eigenvalue weighted by molar-refractivity contribution is 5.33. The zero-order valence-electron chi connectivity index (χ0n) is 9.88. The van der Waals surface area contributed by atoms with Crippen LogP contribution in [-0.2, 0) is 24.2 Å². The van der Waals surface area contributed by atoms with E-state index in [9.17, 15) is 8.78 Å². The van der Waals surface area contributed by atoms with Gasteiger partial charge in [0.15, 0.2) is 0 Å². The minimum atomic E-state index is -2.51. The number of alkyl halides is 2. The van der Waals surface area contributed by atoms with Crippen molar-refractivity contribution in [3.05, 3.63) is 34.9 Å². The summed E-state index contributed by atoms with van der Waals surface area (Å²) in [6.07, 6.45) is -1.47. The second kappa shape index (κ2) is 4.70. The van der Waals surface area contributed by atoms with E-state index in [2.05, 4.69) is 0 Å². The number of fused-ring (bicyclic) bond motifs is 1. The molecule has 0 spiro atoms. The topological polar surface area (TPSA) is 35.2 Å². The maximum absolute atomic E-state index is 12.7. The van der Waals surface area contributed by atoms with Crippen molar-refractivity contribution in [2.75, 3.05) is 6.61 Å². The first-order valence-corrected chi connectivity index (χ1v) is 5.74. The molecular formula is C13H17F2NO. The molecule has 4 heteroatoms. The minimum absolute atomic E-state index is 0.193. The van der Waals surface area contributed by atoms with Crippen LogP contribution >= 0.6 is 0 Å². The van der Waals surface area contributed by atoms with Gasteiger partial charge >= 0.3 is 0 Å². The number of halogens is 2. The Labute approximate surface area is 99.8 Å². The van der Waals surface area contributed by atoms with E-state index in [-0.39, 0.29) is 6.42 Å². The molecule has 1 atom stereocenters. The Balaban J connectivity index is 2.17. The van der Waals surface area contributed by atoms with E-state index in [1.807, 2.05) is 18.2 Å². The lowest BCUT2D eigenvalue weighted by Gasteiger charge is -2.24. The minimum Gasteiger partial charge on any atom is -0.376 e. The Hall–Kier alpha value is -1.00. The third kappa shape index (κ3) is 2.82. The highest BCUT2D eigenvalue weighted by atomic mass is 19.3. The second-order valence-corrected chi connectivity index (χ2v) is 4.89. The summed E-state index contributed by atoms with van der Waals surface area (Å²) in [6.45, 7) is 2.70. The number of hydrogen-bond donors (Lipinski definition) is 1. The van der Waals surface area contributed by atoms with Gasteiger partial charge in [0.05, 0.1) is 18.8 Å². The molecule has 0 aliphatic carbocycles. The summed E-state index contributed by atoms with van der Waals surface area (Å²) in [6, 6.07) is 5.79. The maximum atomic E-state index is 12.7. The van der Waals surface area contributed by atoms with Crippen LogP contribution in [0.5, 0.6) is 0 Å². The first kappa shape index (κ1) is 12.5. The van der Waals surface area contributed by atoms with E-state index in [4.69, 9.17) is 10.5 Å². The average molecular weight is 241 g/mol. The third-order valence-corrected chi connectivity index (χ3v) is 3.13. The summed E-state index contributed by atoms with van der Waals surface area (Å²) in [5.41, 5.74) is 7.35. The first-order valence-electron chi connectivity index (χ1n) is 5.74. The molecule has 1 aromatic rings. The van der Waals surface area contributed by atoms with Gasteiger partial charge in [-0.05, 0) is 36.5 Å². The fourth-order valence-electron chi connectivity index (χ4n) is 2.04. The van der Waals surface area contributed by atoms with Crippen molar-refractivity contribution < 1.29 is 13.5 Å². The van der Waals surface area contributed by atoms with E-state index in [0.717, 1.165) is 17.5 Å². The Morgan fingerprint density at radius 1 is 1.41 bits per heavy atom. The van der Waals surface area contributed by atoms with Crippen LogP contribution in [0.4, 0.5) is 8.78 Å². The monoisotopic (exact) mass is 241 g/mol. The number of hydrogen-bond acceptors (Lipinski definition) is 2. The lowest BCUT2D eigenvalue weighted by molar-refractivity contribution is 0.0638. The molecule has 0 saturated heterocycles. The molecule has 1 heterocycles. The van der Waals surface area contributed by atoms with E-state index in [0.29, 0.717) is 13.2 Å². The Morgan fingerprint density at radius 3 is 2.88 bits per heavy atom. The first-order chi connectivity index (χ1) is 7.99. The zero-order chi connectivity index (χ0) is 12.5. The summed E-state index contributed by atoms with van der Waals surface area (Å²) >= 11 is 0. The van der Waals surface area contributed by atoms with Gasteiger partial charge in [0.25, 0.3) is 6.43 Å². The normalized spacial score (nSPS) is 18.9. The van der Waals surface area contributed by atoms with E-state index < -0.39 is 12.0 Å². The van der Waals surface area contributed by atoms with Crippen LogP contribution in [0.1, 0.15) is 23.6 Å². The Morgan fingerprint density at radius 2 is 2.18 bits per heavy atom. The SMILES string of the molecule is CC(N)(Cc1ccc2c(c1)CCOC2)C(F)F. The number of benzene rings is 1.